The molecule has 3 heterocycles. The van der Waals surface area contributed by atoms with Crippen LogP contribution >= 0.6 is 11.3 Å². The lowest BCUT2D eigenvalue weighted by Gasteiger charge is -2.06. The van der Waals surface area contributed by atoms with Gasteiger partial charge in [-0.15, -0.1) is 11.3 Å². The van der Waals surface area contributed by atoms with Gasteiger partial charge in [-0.3, -0.25) is 9.59 Å². The normalized spacial score (nSPS) is 13.0. The van der Waals surface area contributed by atoms with E-state index in [1.807, 2.05) is 0 Å². The molecule has 4 rings (SSSR count). The van der Waals surface area contributed by atoms with E-state index >= 15 is 0 Å². The van der Waals surface area contributed by atoms with Crippen LogP contribution in [0.5, 0.6) is 0 Å². The van der Waals surface area contributed by atoms with Crippen LogP contribution in [0.15, 0.2) is 42.5 Å². The van der Waals surface area contributed by atoms with Crippen LogP contribution in [0, 0.1) is 5.82 Å². The molecule has 1 aliphatic heterocycles. The van der Waals surface area contributed by atoms with Crippen molar-refractivity contribution in [2.75, 3.05) is 12.4 Å². The second-order valence-corrected chi connectivity index (χ2v) is 7.25. The molecule has 0 saturated heterocycles. The molecule has 0 spiro atoms. The van der Waals surface area contributed by atoms with E-state index in [1.165, 1.54) is 23.5 Å². The Kier molecular flexibility index (Phi) is 4.12. The van der Waals surface area contributed by atoms with Crippen molar-refractivity contribution in [2.24, 2.45) is 5.73 Å². The van der Waals surface area contributed by atoms with Crippen LogP contribution in [0.1, 0.15) is 26.4 Å². The van der Waals surface area contributed by atoms with Crippen molar-refractivity contribution in [3.8, 4) is 10.4 Å². The van der Waals surface area contributed by atoms with Gasteiger partial charge in [-0.05, 0) is 35.9 Å². The number of carbonyl (C=O) groups excluding carboxylic acids is 2. The van der Waals surface area contributed by atoms with E-state index in [-0.39, 0.29) is 11.7 Å². The molecule has 1 aromatic carbocycles. The fourth-order valence-corrected chi connectivity index (χ4v) is 4.00. The Hall–Kier alpha value is -3.26. The zero-order valence-electron chi connectivity index (χ0n) is 14.3. The highest BCUT2D eigenvalue weighted by molar-refractivity contribution is 7.19. The number of amides is 2. The zero-order chi connectivity index (χ0) is 19.1. The predicted octanol–water partition coefficient (Wildman–Crippen LogP) is 3.38. The molecule has 0 radical (unpaired) electrons. The molecule has 136 valence electrons. The zero-order valence-corrected chi connectivity index (χ0v) is 15.1. The molecule has 0 fully saturated rings. The van der Waals surface area contributed by atoms with Crippen molar-refractivity contribution in [1.29, 1.82) is 0 Å². The third-order valence-corrected chi connectivity index (χ3v) is 5.41. The monoisotopic (exact) mass is 382 g/mol. The van der Waals surface area contributed by atoms with Crippen LogP contribution in [0.2, 0.25) is 0 Å². The van der Waals surface area contributed by atoms with Crippen molar-refractivity contribution >= 4 is 34.0 Å². The van der Waals surface area contributed by atoms with Crippen LogP contribution in [-0.2, 0) is 6.54 Å². The van der Waals surface area contributed by atoms with Gasteiger partial charge in [-0.1, -0.05) is 12.1 Å². The Morgan fingerprint density at radius 2 is 2.00 bits per heavy atom. The van der Waals surface area contributed by atoms with Crippen molar-refractivity contribution in [2.45, 2.75) is 6.54 Å². The van der Waals surface area contributed by atoms with Gasteiger partial charge in [0, 0.05) is 11.9 Å². The standard InChI is InChI=1S/C19H15FN4O2S/c1-24-9-14-12(19(24)26)6-7-16(22-14)23-18-13(17(21)25)8-15(27-18)10-2-4-11(20)5-3-10/h2-8H,9H2,1H3,(H2,21,25)(H,22,23). The lowest BCUT2D eigenvalue weighted by atomic mass is 10.1. The summed E-state index contributed by atoms with van der Waals surface area (Å²) in [5.41, 5.74) is 7.88. The number of nitrogens with one attached hydrogen (secondary N) is 1. The Labute approximate surface area is 158 Å². The molecule has 3 N–H and O–H groups in total. The summed E-state index contributed by atoms with van der Waals surface area (Å²) in [5.74, 6) is -0.438. The van der Waals surface area contributed by atoms with E-state index in [4.69, 9.17) is 5.73 Å². The van der Waals surface area contributed by atoms with Crippen LogP contribution < -0.4 is 11.1 Å². The Morgan fingerprint density at radius 1 is 1.26 bits per heavy atom. The fourth-order valence-electron chi connectivity index (χ4n) is 2.93. The van der Waals surface area contributed by atoms with Gasteiger partial charge in [0.15, 0.2) is 0 Å². The van der Waals surface area contributed by atoms with Crippen LogP contribution in [0.4, 0.5) is 15.2 Å². The number of nitrogens with two attached hydrogens (primary N) is 1. The number of hydrogen-bond donors (Lipinski definition) is 2. The topological polar surface area (TPSA) is 88.3 Å². The van der Waals surface area contributed by atoms with Crippen LogP contribution in [-0.4, -0.2) is 28.7 Å². The Bertz CT molecular complexity index is 1060. The van der Waals surface area contributed by atoms with Gasteiger partial charge < -0.3 is 16.0 Å². The van der Waals surface area contributed by atoms with Gasteiger partial charge in [0.2, 0.25) is 0 Å². The minimum atomic E-state index is -0.571. The van der Waals surface area contributed by atoms with E-state index in [2.05, 4.69) is 10.3 Å². The van der Waals surface area contributed by atoms with E-state index < -0.39 is 5.91 Å². The fraction of sp³-hybridized carbons (Fsp3) is 0.105. The number of halogens is 1. The molecule has 0 saturated carbocycles. The van der Waals surface area contributed by atoms with Crippen molar-refractivity contribution < 1.29 is 14.0 Å². The molecule has 6 nitrogen and oxygen atoms in total. The summed E-state index contributed by atoms with van der Waals surface area (Å²) in [7, 11) is 1.72. The average molecular weight is 382 g/mol. The predicted molar refractivity (Wildman–Crippen MR) is 102 cm³/mol. The highest BCUT2D eigenvalue weighted by Crippen LogP contribution is 2.37. The molecular weight excluding hydrogens is 367 g/mol. The van der Waals surface area contributed by atoms with E-state index in [0.29, 0.717) is 34.2 Å². The van der Waals surface area contributed by atoms with Gasteiger partial charge >= 0.3 is 0 Å². The summed E-state index contributed by atoms with van der Waals surface area (Å²) in [4.78, 5) is 30.7. The van der Waals surface area contributed by atoms with Crippen molar-refractivity contribution in [3.05, 3.63) is 65.1 Å². The van der Waals surface area contributed by atoms with Gasteiger partial charge in [0.05, 0.1) is 23.4 Å². The lowest BCUT2D eigenvalue weighted by molar-refractivity contribution is 0.0816. The number of fused-ring (bicyclic) bond motifs is 1. The summed E-state index contributed by atoms with van der Waals surface area (Å²) in [6, 6.07) is 11.1. The molecular formula is C19H15FN4O2S. The summed E-state index contributed by atoms with van der Waals surface area (Å²) in [5, 5.41) is 3.67. The number of anilines is 2. The first-order valence-electron chi connectivity index (χ1n) is 8.14. The minimum absolute atomic E-state index is 0.0587. The number of hydrogen-bond acceptors (Lipinski definition) is 5. The highest BCUT2D eigenvalue weighted by atomic mass is 32.1. The second-order valence-electron chi connectivity index (χ2n) is 6.20. The smallest absolute Gasteiger partial charge is 0.255 e. The SMILES string of the molecule is CN1Cc2nc(Nc3sc(-c4ccc(F)cc4)cc3C(N)=O)ccc2C1=O. The number of carbonyl (C=O) groups is 2. The number of rotatable bonds is 4. The first-order valence-corrected chi connectivity index (χ1v) is 8.96. The second kappa shape index (κ2) is 6.48. The summed E-state index contributed by atoms with van der Waals surface area (Å²) in [6.45, 7) is 0.442. The minimum Gasteiger partial charge on any atom is -0.366 e. The summed E-state index contributed by atoms with van der Waals surface area (Å²) < 4.78 is 13.1. The first-order chi connectivity index (χ1) is 12.9. The molecule has 0 atom stereocenters. The maximum absolute atomic E-state index is 13.1. The number of thiophene rings is 1. The first kappa shape index (κ1) is 17.2. The molecule has 2 amide bonds. The van der Waals surface area contributed by atoms with E-state index in [1.54, 1.807) is 42.3 Å². The number of benzene rings is 1. The molecule has 1 aliphatic rings. The highest BCUT2D eigenvalue weighted by Gasteiger charge is 2.26. The molecule has 0 bridgehead atoms. The maximum atomic E-state index is 13.1. The number of aromatic nitrogens is 1. The van der Waals surface area contributed by atoms with Gasteiger partial charge in [0.1, 0.15) is 16.6 Å². The van der Waals surface area contributed by atoms with Crippen LogP contribution in [0.25, 0.3) is 10.4 Å². The number of pyridine rings is 1. The molecule has 0 unspecified atom stereocenters. The summed E-state index contributed by atoms with van der Waals surface area (Å²) in [6.07, 6.45) is 0. The van der Waals surface area contributed by atoms with E-state index in [0.717, 1.165) is 10.4 Å². The van der Waals surface area contributed by atoms with Crippen molar-refractivity contribution in [3.63, 3.8) is 0 Å². The van der Waals surface area contributed by atoms with Crippen molar-refractivity contribution in [1.82, 2.24) is 9.88 Å². The molecule has 27 heavy (non-hydrogen) atoms. The largest absolute Gasteiger partial charge is 0.366 e. The molecule has 3 aromatic rings. The molecule has 8 heteroatoms. The van der Waals surface area contributed by atoms with Gasteiger partial charge in [-0.25, -0.2) is 9.37 Å². The summed E-state index contributed by atoms with van der Waals surface area (Å²) >= 11 is 1.32. The Morgan fingerprint density at radius 3 is 2.70 bits per heavy atom. The maximum Gasteiger partial charge on any atom is 0.255 e. The molecule has 2 aromatic heterocycles. The Balaban J connectivity index is 1.68. The van der Waals surface area contributed by atoms with Gasteiger partial charge in [-0.2, -0.15) is 0 Å². The quantitative estimate of drug-likeness (QED) is 0.724. The van der Waals surface area contributed by atoms with Crippen LogP contribution in [0.3, 0.4) is 0 Å². The number of primary amides is 1. The third-order valence-electron chi connectivity index (χ3n) is 4.31. The third kappa shape index (κ3) is 3.15. The lowest BCUT2D eigenvalue weighted by Crippen LogP contribution is -2.17. The van der Waals surface area contributed by atoms with E-state index in [9.17, 15) is 14.0 Å². The van der Waals surface area contributed by atoms with Gasteiger partial charge in [0.25, 0.3) is 11.8 Å². The average Bonchev–Trinajstić information content (AvgIpc) is 3.17. The molecule has 0 aliphatic carbocycles. The number of nitrogens with zero attached hydrogens (tertiary/aromatic N) is 2.